The highest BCUT2D eigenvalue weighted by Crippen LogP contribution is 2.31. The number of ketones is 1. The summed E-state index contributed by atoms with van der Waals surface area (Å²) in [5, 5.41) is 0.600. The summed E-state index contributed by atoms with van der Waals surface area (Å²) in [7, 11) is 0. The first-order chi connectivity index (χ1) is 7.59. The zero-order valence-corrected chi connectivity index (χ0v) is 9.96. The fourth-order valence-electron chi connectivity index (χ4n) is 2.34. The van der Waals surface area contributed by atoms with E-state index in [1.807, 2.05) is 0 Å². The maximum Gasteiger partial charge on any atom is 0.164 e. The lowest BCUT2D eigenvalue weighted by molar-refractivity contribution is 0.0952. The summed E-state index contributed by atoms with van der Waals surface area (Å²) >= 11 is 5.86. The molecule has 0 aromatic heterocycles. The molecule has 2 rings (SSSR count). The van der Waals surface area contributed by atoms with Crippen molar-refractivity contribution in [3.63, 3.8) is 0 Å². The van der Waals surface area contributed by atoms with Gasteiger partial charge in [-0.2, -0.15) is 0 Å². The smallest absolute Gasteiger partial charge is 0.164 e. The van der Waals surface area contributed by atoms with Gasteiger partial charge in [-0.3, -0.25) is 4.79 Å². The number of carbonyl (C=O) groups is 1. The third-order valence-electron chi connectivity index (χ3n) is 3.26. The van der Waals surface area contributed by atoms with Crippen LogP contribution in [0.2, 0.25) is 5.02 Å². The average Bonchev–Trinajstić information content (AvgIpc) is 2.65. The van der Waals surface area contributed by atoms with Crippen molar-refractivity contribution in [1.29, 1.82) is 0 Å². The maximum absolute atomic E-state index is 12.0. The van der Waals surface area contributed by atoms with Gasteiger partial charge in [0.1, 0.15) is 0 Å². The minimum Gasteiger partial charge on any atom is -0.325 e. The molecule has 2 nitrogen and oxygen atoms in total. The summed E-state index contributed by atoms with van der Waals surface area (Å²) in [6.45, 7) is 0. The van der Waals surface area contributed by atoms with Crippen LogP contribution in [0.1, 0.15) is 42.5 Å². The summed E-state index contributed by atoms with van der Waals surface area (Å²) in [5.41, 5.74) is 6.57. The molecule has 1 aliphatic carbocycles. The van der Waals surface area contributed by atoms with Crippen molar-refractivity contribution in [2.24, 2.45) is 5.73 Å². The largest absolute Gasteiger partial charge is 0.325 e. The molecule has 1 saturated carbocycles. The monoisotopic (exact) mass is 237 g/mol. The standard InChI is InChI=1S/C13H16ClNO/c14-11-5-3-4-10(8-11)12(16)9-13(15)6-1-2-7-13/h3-5,8H,1-2,6-7,9,15H2. The Labute approximate surface area is 101 Å². The molecule has 3 heteroatoms. The molecule has 86 valence electrons. The van der Waals surface area contributed by atoms with Crippen LogP contribution in [0.4, 0.5) is 0 Å². The van der Waals surface area contributed by atoms with Gasteiger partial charge in [-0.1, -0.05) is 36.6 Å². The summed E-state index contributed by atoms with van der Waals surface area (Å²) in [4.78, 5) is 12.0. The minimum absolute atomic E-state index is 0.104. The van der Waals surface area contributed by atoms with Crippen LogP contribution in [0.5, 0.6) is 0 Å². The normalized spacial score (nSPS) is 18.6. The molecule has 0 atom stereocenters. The van der Waals surface area contributed by atoms with E-state index in [0.717, 1.165) is 25.7 Å². The van der Waals surface area contributed by atoms with Crippen molar-refractivity contribution in [3.8, 4) is 0 Å². The number of hydrogen-bond acceptors (Lipinski definition) is 2. The fraction of sp³-hybridized carbons (Fsp3) is 0.462. The number of benzene rings is 1. The molecule has 0 heterocycles. The molecule has 16 heavy (non-hydrogen) atoms. The Morgan fingerprint density at radius 1 is 1.38 bits per heavy atom. The van der Waals surface area contributed by atoms with E-state index in [4.69, 9.17) is 17.3 Å². The minimum atomic E-state index is -0.278. The molecule has 0 aliphatic heterocycles. The van der Waals surface area contributed by atoms with Gasteiger partial charge >= 0.3 is 0 Å². The van der Waals surface area contributed by atoms with Crippen LogP contribution in [0.3, 0.4) is 0 Å². The lowest BCUT2D eigenvalue weighted by Gasteiger charge is -2.22. The zero-order chi connectivity index (χ0) is 11.6. The second-order valence-corrected chi connectivity index (χ2v) is 5.12. The molecule has 1 aromatic carbocycles. The number of hydrogen-bond donors (Lipinski definition) is 1. The molecule has 1 fully saturated rings. The van der Waals surface area contributed by atoms with Gasteiger partial charge in [-0.15, -0.1) is 0 Å². The molecule has 0 saturated heterocycles. The van der Waals surface area contributed by atoms with Crippen LogP contribution in [-0.2, 0) is 0 Å². The highest BCUT2D eigenvalue weighted by atomic mass is 35.5. The number of nitrogens with two attached hydrogens (primary N) is 1. The number of carbonyl (C=O) groups excluding carboxylic acids is 1. The van der Waals surface area contributed by atoms with Crippen LogP contribution < -0.4 is 5.73 Å². The van der Waals surface area contributed by atoms with Gasteiger partial charge in [-0.05, 0) is 25.0 Å². The van der Waals surface area contributed by atoms with E-state index in [9.17, 15) is 4.79 Å². The predicted octanol–water partition coefficient (Wildman–Crippen LogP) is 3.18. The Bertz CT molecular complexity index is 397. The topological polar surface area (TPSA) is 43.1 Å². The zero-order valence-electron chi connectivity index (χ0n) is 9.21. The van der Waals surface area contributed by atoms with E-state index in [2.05, 4.69) is 0 Å². The third kappa shape index (κ3) is 2.63. The van der Waals surface area contributed by atoms with Gasteiger partial charge in [0.2, 0.25) is 0 Å². The van der Waals surface area contributed by atoms with Crippen LogP contribution in [0, 0.1) is 0 Å². The van der Waals surface area contributed by atoms with Crippen LogP contribution >= 0.6 is 11.6 Å². The molecule has 1 aliphatic rings. The second-order valence-electron chi connectivity index (χ2n) is 4.68. The van der Waals surface area contributed by atoms with Crippen molar-refractivity contribution in [3.05, 3.63) is 34.9 Å². The molecule has 0 unspecified atom stereocenters. The van der Waals surface area contributed by atoms with Crippen molar-refractivity contribution in [1.82, 2.24) is 0 Å². The van der Waals surface area contributed by atoms with Gasteiger partial charge in [0, 0.05) is 22.5 Å². The average molecular weight is 238 g/mol. The number of rotatable bonds is 3. The van der Waals surface area contributed by atoms with Crippen molar-refractivity contribution in [2.75, 3.05) is 0 Å². The summed E-state index contributed by atoms with van der Waals surface area (Å²) in [5.74, 6) is 0.104. The first-order valence-corrected chi connectivity index (χ1v) is 6.05. The third-order valence-corrected chi connectivity index (χ3v) is 3.49. The van der Waals surface area contributed by atoms with Crippen molar-refractivity contribution < 1.29 is 4.79 Å². The summed E-state index contributed by atoms with van der Waals surface area (Å²) < 4.78 is 0. The van der Waals surface area contributed by atoms with E-state index in [1.165, 1.54) is 0 Å². The van der Waals surface area contributed by atoms with E-state index in [1.54, 1.807) is 24.3 Å². The van der Waals surface area contributed by atoms with Gasteiger partial charge < -0.3 is 5.73 Å². The van der Waals surface area contributed by atoms with Crippen molar-refractivity contribution in [2.45, 2.75) is 37.6 Å². The Hall–Kier alpha value is -0.860. The predicted molar refractivity (Wildman–Crippen MR) is 65.8 cm³/mol. The maximum atomic E-state index is 12.0. The van der Waals surface area contributed by atoms with Crippen molar-refractivity contribution >= 4 is 17.4 Å². The van der Waals surface area contributed by atoms with E-state index in [0.29, 0.717) is 17.0 Å². The van der Waals surface area contributed by atoms with Gasteiger partial charge in [-0.25, -0.2) is 0 Å². The van der Waals surface area contributed by atoms with Crippen LogP contribution in [0.15, 0.2) is 24.3 Å². The Morgan fingerprint density at radius 3 is 2.69 bits per heavy atom. The lowest BCUT2D eigenvalue weighted by Crippen LogP contribution is -2.38. The molecule has 0 radical (unpaired) electrons. The molecule has 0 bridgehead atoms. The van der Waals surface area contributed by atoms with Crippen LogP contribution in [-0.4, -0.2) is 11.3 Å². The summed E-state index contributed by atoms with van der Waals surface area (Å²) in [6, 6.07) is 7.08. The second kappa shape index (κ2) is 4.56. The first-order valence-electron chi connectivity index (χ1n) is 5.67. The molecular weight excluding hydrogens is 222 g/mol. The fourth-order valence-corrected chi connectivity index (χ4v) is 2.53. The van der Waals surface area contributed by atoms with E-state index in [-0.39, 0.29) is 11.3 Å². The summed E-state index contributed by atoms with van der Waals surface area (Å²) in [6.07, 6.45) is 4.63. The number of Topliss-reactive ketones (excluding diaryl/α,β-unsaturated/α-hetero) is 1. The Kier molecular flexibility index (Phi) is 3.31. The molecule has 2 N–H and O–H groups in total. The van der Waals surface area contributed by atoms with Gasteiger partial charge in [0.05, 0.1) is 0 Å². The van der Waals surface area contributed by atoms with Crippen LogP contribution in [0.25, 0.3) is 0 Å². The SMILES string of the molecule is NC1(CC(=O)c2cccc(Cl)c2)CCCC1. The highest BCUT2D eigenvalue weighted by Gasteiger charge is 2.31. The first kappa shape index (κ1) is 11.6. The quantitative estimate of drug-likeness (QED) is 0.821. The van der Waals surface area contributed by atoms with E-state index >= 15 is 0 Å². The van der Waals surface area contributed by atoms with E-state index < -0.39 is 0 Å². The molecule has 0 amide bonds. The Morgan fingerprint density at radius 2 is 2.06 bits per heavy atom. The lowest BCUT2D eigenvalue weighted by atomic mass is 9.90. The molecular formula is C13H16ClNO. The molecule has 1 aromatic rings. The highest BCUT2D eigenvalue weighted by molar-refractivity contribution is 6.31. The van der Waals surface area contributed by atoms with Gasteiger partial charge in [0.25, 0.3) is 0 Å². The number of halogens is 1. The Balaban J connectivity index is 2.08. The van der Waals surface area contributed by atoms with Gasteiger partial charge in [0.15, 0.2) is 5.78 Å². The molecule has 0 spiro atoms.